The van der Waals surface area contributed by atoms with Gasteiger partial charge in [0, 0.05) is 22.1 Å². The zero-order valence-corrected chi connectivity index (χ0v) is 11.2. The van der Waals surface area contributed by atoms with Crippen LogP contribution in [0.25, 0.3) is 10.9 Å². The Hall–Kier alpha value is -1.21. The molecule has 0 aliphatic carbocycles. The Balaban J connectivity index is 2.83. The zero-order chi connectivity index (χ0) is 12.6. The predicted octanol–water partition coefficient (Wildman–Crippen LogP) is 2.89. The third kappa shape index (κ3) is 2.12. The van der Waals surface area contributed by atoms with E-state index in [9.17, 15) is 4.39 Å². The minimum absolute atomic E-state index is 0.326. The lowest BCUT2D eigenvalue weighted by molar-refractivity contribution is 0.637. The van der Waals surface area contributed by atoms with Gasteiger partial charge in [-0.05, 0) is 31.9 Å². The Bertz CT molecular complexity index is 567. The maximum Gasteiger partial charge on any atom is 0.151 e. The molecule has 0 radical (unpaired) electrons. The van der Waals surface area contributed by atoms with Crippen molar-refractivity contribution < 1.29 is 4.39 Å². The van der Waals surface area contributed by atoms with E-state index in [1.807, 2.05) is 19.1 Å². The highest BCUT2D eigenvalue weighted by molar-refractivity contribution is 7.65. The van der Waals surface area contributed by atoms with Crippen LogP contribution in [0.1, 0.15) is 12.6 Å². The topological polar surface area (TPSA) is 38.9 Å². The number of aryl methyl sites for hydroxylation is 1. The first kappa shape index (κ1) is 12.3. The smallest absolute Gasteiger partial charge is 0.151 e. The average molecular weight is 250 g/mol. The number of pyridine rings is 1. The molecule has 0 unspecified atom stereocenters. The molecule has 0 saturated heterocycles. The van der Waals surface area contributed by atoms with E-state index in [4.69, 9.17) is 5.73 Å². The van der Waals surface area contributed by atoms with Crippen LogP contribution in [-0.4, -0.2) is 18.3 Å². The second kappa shape index (κ2) is 4.58. The summed E-state index contributed by atoms with van der Waals surface area (Å²) in [6, 6.07) is 5.29. The standard InChI is InChI=1S/C13H16FN2P/c1-4-8-5-6-9-12(16-8)10(14)7-11(15)13(9)17(2)3/h5-7H,4,15H2,1-3H3. The molecule has 0 amide bonds. The molecule has 2 nitrogen and oxygen atoms in total. The quantitative estimate of drug-likeness (QED) is 0.657. The van der Waals surface area contributed by atoms with Crippen LogP contribution in [0.4, 0.5) is 10.1 Å². The van der Waals surface area contributed by atoms with Crippen molar-refractivity contribution in [3.63, 3.8) is 0 Å². The Labute approximate surface area is 102 Å². The van der Waals surface area contributed by atoms with Gasteiger partial charge in [0.05, 0.1) is 0 Å². The molecule has 0 saturated carbocycles. The summed E-state index contributed by atoms with van der Waals surface area (Å²) < 4.78 is 13.9. The fraction of sp³-hybridized carbons (Fsp3) is 0.308. The molecule has 1 aromatic carbocycles. The lowest BCUT2D eigenvalue weighted by atomic mass is 10.1. The fourth-order valence-electron chi connectivity index (χ4n) is 2.00. The van der Waals surface area contributed by atoms with Crippen LogP contribution in [0.15, 0.2) is 18.2 Å². The SMILES string of the molecule is CCc1ccc2c(P(C)C)c(N)cc(F)c2n1. The summed E-state index contributed by atoms with van der Waals surface area (Å²) >= 11 is 0. The van der Waals surface area contributed by atoms with Crippen LogP contribution in [0.5, 0.6) is 0 Å². The number of nitrogens with zero attached hydrogens (tertiary/aromatic N) is 1. The first-order valence-electron chi connectivity index (χ1n) is 5.59. The minimum atomic E-state index is -0.374. The molecule has 2 N–H and O–H groups in total. The highest BCUT2D eigenvalue weighted by atomic mass is 31.1. The number of benzene rings is 1. The Morgan fingerprint density at radius 2 is 2.06 bits per heavy atom. The molecule has 0 bridgehead atoms. The first-order valence-corrected chi connectivity index (χ1v) is 7.83. The Morgan fingerprint density at radius 3 is 2.65 bits per heavy atom. The second-order valence-electron chi connectivity index (χ2n) is 4.24. The van der Waals surface area contributed by atoms with E-state index in [-0.39, 0.29) is 13.7 Å². The Kier molecular flexibility index (Phi) is 3.30. The number of anilines is 1. The number of fused-ring (bicyclic) bond motifs is 1. The number of rotatable bonds is 2. The van der Waals surface area contributed by atoms with Crippen LogP contribution in [0.2, 0.25) is 0 Å². The van der Waals surface area contributed by atoms with E-state index in [2.05, 4.69) is 18.3 Å². The first-order chi connectivity index (χ1) is 8.04. The van der Waals surface area contributed by atoms with Gasteiger partial charge in [0.1, 0.15) is 5.52 Å². The molecule has 1 heterocycles. The third-order valence-corrected chi connectivity index (χ3v) is 4.19. The molecule has 0 spiro atoms. The zero-order valence-electron chi connectivity index (χ0n) is 10.3. The van der Waals surface area contributed by atoms with Gasteiger partial charge in [-0.15, -0.1) is 0 Å². The summed E-state index contributed by atoms with van der Waals surface area (Å²) in [6.07, 6.45) is 0.808. The van der Waals surface area contributed by atoms with Crippen molar-refractivity contribution in [3.05, 3.63) is 29.7 Å². The normalized spacial score (nSPS) is 11.4. The summed E-state index contributed by atoms with van der Waals surface area (Å²) in [7, 11) is -0.374. The second-order valence-corrected chi connectivity index (χ2v) is 6.48. The predicted molar refractivity (Wildman–Crippen MR) is 73.9 cm³/mol. The van der Waals surface area contributed by atoms with Crippen LogP contribution >= 0.6 is 7.92 Å². The van der Waals surface area contributed by atoms with Gasteiger partial charge >= 0.3 is 0 Å². The third-order valence-electron chi connectivity index (χ3n) is 2.80. The number of hydrogen-bond acceptors (Lipinski definition) is 2. The largest absolute Gasteiger partial charge is 0.398 e. The Morgan fingerprint density at radius 1 is 1.35 bits per heavy atom. The van der Waals surface area contributed by atoms with Crippen molar-refractivity contribution in [3.8, 4) is 0 Å². The molecule has 0 aliphatic heterocycles. The van der Waals surface area contributed by atoms with Gasteiger partial charge in [-0.3, -0.25) is 0 Å². The summed E-state index contributed by atoms with van der Waals surface area (Å²) in [5.41, 5.74) is 7.80. The van der Waals surface area contributed by atoms with Gasteiger partial charge < -0.3 is 5.73 Å². The number of nitrogens with two attached hydrogens (primary N) is 1. The summed E-state index contributed by atoms with van der Waals surface area (Å²) in [6.45, 7) is 6.25. The van der Waals surface area contributed by atoms with E-state index in [0.29, 0.717) is 11.2 Å². The van der Waals surface area contributed by atoms with Crippen LogP contribution in [-0.2, 0) is 6.42 Å². The van der Waals surface area contributed by atoms with Gasteiger partial charge in [-0.25, -0.2) is 9.37 Å². The molecular weight excluding hydrogens is 234 g/mol. The lowest BCUT2D eigenvalue weighted by Gasteiger charge is -2.14. The minimum Gasteiger partial charge on any atom is -0.398 e. The number of halogens is 1. The van der Waals surface area contributed by atoms with Gasteiger partial charge in [0.2, 0.25) is 0 Å². The van der Waals surface area contributed by atoms with Crippen molar-refractivity contribution in [1.29, 1.82) is 0 Å². The van der Waals surface area contributed by atoms with E-state index in [1.54, 1.807) is 0 Å². The molecule has 17 heavy (non-hydrogen) atoms. The van der Waals surface area contributed by atoms with Crippen molar-refractivity contribution in [1.82, 2.24) is 4.98 Å². The van der Waals surface area contributed by atoms with E-state index in [0.717, 1.165) is 22.8 Å². The monoisotopic (exact) mass is 250 g/mol. The van der Waals surface area contributed by atoms with Crippen molar-refractivity contribution in [2.45, 2.75) is 13.3 Å². The molecule has 2 aromatic rings. The van der Waals surface area contributed by atoms with Gasteiger partial charge in [-0.1, -0.05) is 20.9 Å². The van der Waals surface area contributed by atoms with E-state index >= 15 is 0 Å². The van der Waals surface area contributed by atoms with Crippen molar-refractivity contribution in [2.75, 3.05) is 19.1 Å². The van der Waals surface area contributed by atoms with Crippen molar-refractivity contribution >= 4 is 29.8 Å². The molecule has 0 fully saturated rings. The number of nitrogen functional groups attached to an aromatic ring is 1. The average Bonchev–Trinajstić information content (AvgIpc) is 2.28. The highest BCUT2D eigenvalue weighted by Gasteiger charge is 2.14. The van der Waals surface area contributed by atoms with Crippen LogP contribution in [0.3, 0.4) is 0 Å². The lowest BCUT2D eigenvalue weighted by Crippen LogP contribution is -2.11. The van der Waals surface area contributed by atoms with Crippen LogP contribution < -0.4 is 11.0 Å². The summed E-state index contributed by atoms with van der Waals surface area (Å²) in [4.78, 5) is 4.36. The number of hydrogen-bond donors (Lipinski definition) is 1. The number of aromatic nitrogens is 1. The molecular formula is C13H16FN2P. The van der Waals surface area contributed by atoms with Gasteiger partial charge in [0.15, 0.2) is 5.82 Å². The van der Waals surface area contributed by atoms with Gasteiger partial charge in [-0.2, -0.15) is 0 Å². The molecule has 2 rings (SSSR count). The van der Waals surface area contributed by atoms with Gasteiger partial charge in [0.25, 0.3) is 0 Å². The highest BCUT2D eigenvalue weighted by Crippen LogP contribution is 2.32. The summed E-state index contributed by atoms with van der Waals surface area (Å²) in [5.74, 6) is -0.326. The molecule has 4 heteroatoms. The van der Waals surface area contributed by atoms with Crippen molar-refractivity contribution in [2.24, 2.45) is 0 Å². The molecule has 90 valence electrons. The summed E-state index contributed by atoms with van der Waals surface area (Å²) in [5, 5.41) is 1.90. The van der Waals surface area contributed by atoms with E-state index in [1.165, 1.54) is 6.07 Å². The maximum absolute atomic E-state index is 13.9. The maximum atomic E-state index is 13.9. The van der Waals surface area contributed by atoms with Crippen LogP contribution in [0, 0.1) is 5.82 Å². The molecule has 0 atom stereocenters. The van der Waals surface area contributed by atoms with E-state index < -0.39 is 0 Å². The fourth-order valence-corrected chi connectivity index (χ4v) is 3.24. The molecule has 0 aliphatic rings. The molecule has 1 aromatic heterocycles.